The molecule has 0 atom stereocenters. The van der Waals surface area contributed by atoms with E-state index >= 15 is 0 Å². The van der Waals surface area contributed by atoms with Crippen LogP contribution in [0.1, 0.15) is 34.3 Å². The lowest BCUT2D eigenvalue weighted by Gasteiger charge is -2.36. The third-order valence-electron chi connectivity index (χ3n) is 7.15. The number of carbonyl (C=O) groups excluding carboxylic acids is 2. The standard InChI is InChI=1S/C31H33N5O3/c1-34(28-16-18-35(19-17-28)20-24-8-4-2-5-9-24)31(38)36-21-29(32-23-36)26-12-14-27(15-13-26)30(37)33-39-22-25-10-6-3-7-11-25/h2-15,21,23,28H,16-20,22H2,1H3,(H,33,37). The van der Waals surface area contributed by atoms with Gasteiger partial charge >= 0.3 is 6.03 Å². The summed E-state index contributed by atoms with van der Waals surface area (Å²) in [4.78, 5) is 39.6. The van der Waals surface area contributed by atoms with Crippen LogP contribution in [0.2, 0.25) is 0 Å². The van der Waals surface area contributed by atoms with Gasteiger partial charge in [0.25, 0.3) is 5.91 Å². The molecule has 0 aliphatic carbocycles. The van der Waals surface area contributed by atoms with Gasteiger partial charge in [0.15, 0.2) is 0 Å². The molecular formula is C31H33N5O3. The van der Waals surface area contributed by atoms with Crippen molar-refractivity contribution in [2.24, 2.45) is 0 Å². The van der Waals surface area contributed by atoms with Crippen molar-refractivity contribution < 1.29 is 14.4 Å². The Bertz CT molecular complexity index is 1360. The molecule has 0 radical (unpaired) electrons. The zero-order chi connectivity index (χ0) is 27.0. The van der Waals surface area contributed by atoms with Gasteiger partial charge in [-0.05, 0) is 36.1 Å². The number of benzene rings is 3. The van der Waals surface area contributed by atoms with Gasteiger partial charge in [0, 0.05) is 50.0 Å². The Hall–Kier alpha value is -4.27. The molecule has 1 aromatic heterocycles. The molecule has 1 saturated heterocycles. The van der Waals surface area contributed by atoms with E-state index in [1.807, 2.05) is 60.5 Å². The molecule has 1 aliphatic rings. The second kappa shape index (κ2) is 12.5. The first kappa shape index (κ1) is 26.3. The number of imidazole rings is 1. The molecule has 1 fully saturated rings. The normalized spacial score (nSPS) is 14.2. The average molecular weight is 524 g/mol. The number of rotatable bonds is 8. The highest BCUT2D eigenvalue weighted by atomic mass is 16.6. The molecule has 8 heteroatoms. The maximum Gasteiger partial charge on any atom is 0.329 e. The smallest absolute Gasteiger partial charge is 0.324 e. The molecule has 200 valence electrons. The molecule has 1 aliphatic heterocycles. The summed E-state index contributed by atoms with van der Waals surface area (Å²) in [6.45, 7) is 3.15. The summed E-state index contributed by atoms with van der Waals surface area (Å²) in [5, 5.41) is 0. The molecule has 3 aromatic carbocycles. The largest absolute Gasteiger partial charge is 0.329 e. The lowest BCUT2D eigenvalue weighted by atomic mass is 10.0. The number of hydrogen-bond donors (Lipinski definition) is 1. The van der Waals surface area contributed by atoms with Crippen LogP contribution < -0.4 is 5.48 Å². The molecule has 1 N–H and O–H groups in total. The SMILES string of the molecule is CN(C(=O)n1cnc(-c2ccc(C(=O)NOCc3ccccc3)cc2)c1)C1CCN(Cc2ccccc2)CC1. The highest BCUT2D eigenvalue weighted by molar-refractivity contribution is 5.93. The molecule has 4 aromatic rings. The predicted octanol–water partition coefficient (Wildman–Crippen LogP) is 4.98. The van der Waals surface area contributed by atoms with Crippen LogP contribution in [-0.4, -0.2) is 57.5 Å². The third kappa shape index (κ3) is 6.79. The summed E-state index contributed by atoms with van der Waals surface area (Å²) in [7, 11) is 1.87. The first-order chi connectivity index (χ1) is 19.1. The van der Waals surface area contributed by atoms with E-state index in [2.05, 4.69) is 39.6 Å². The molecule has 2 heterocycles. The van der Waals surface area contributed by atoms with E-state index in [-0.39, 0.29) is 24.6 Å². The molecule has 5 rings (SSSR count). The van der Waals surface area contributed by atoms with Crippen LogP contribution in [0.5, 0.6) is 0 Å². The fraction of sp³-hybridized carbons (Fsp3) is 0.258. The van der Waals surface area contributed by atoms with Crippen LogP contribution in [-0.2, 0) is 18.0 Å². The van der Waals surface area contributed by atoms with Gasteiger partial charge in [-0.15, -0.1) is 0 Å². The summed E-state index contributed by atoms with van der Waals surface area (Å²) in [5.74, 6) is -0.324. The summed E-state index contributed by atoms with van der Waals surface area (Å²) in [5.41, 5.74) is 6.72. The maximum absolute atomic E-state index is 13.2. The van der Waals surface area contributed by atoms with E-state index in [1.165, 1.54) is 10.1 Å². The number of piperidine rings is 1. The Labute approximate surface area is 228 Å². The Balaban J connectivity index is 1.12. The number of hydrogen-bond acceptors (Lipinski definition) is 5. The van der Waals surface area contributed by atoms with Crippen LogP contribution in [0.25, 0.3) is 11.3 Å². The van der Waals surface area contributed by atoms with E-state index < -0.39 is 0 Å². The molecule has 8 nitrogen and oxygen atoms in total. The zero-order valence-corrected chi connectivity index (χ0v) is 22.1. The van der Waals surface area contributed by atoms with Gasteiger partial charge in [-0.25, -0.2) is 15.3 Å². The first-order valence-electron chi connectivity index (χ1n) is 13.2. The Morgan fingerprint density at radius 1 is 0.923 bits per heavy atom. The van der Waals surface area contributed by atoms with E-state index in [4.69, 9.17) is 4.84 Å². The van der Waals surface area contributed by atoms with Crippen molar-refractivity contribution in [3.8, 4) is 11.3 Å². The van der Waals surface area contributed by atoms with Crippen molar-refractivity contribution in [1.82, 2.24) is 24.8 Å². The monoisotopic (exact) mass is 523 g/mol. The van der Waals surface area contributed by atoms with Crippen LogP contribution >= 0.6 is 0 Å². The van der Waals surface area contributed by atoms with Gasteiger partial charge in [0.05, 0.1) is 12.3 Å². The van der Waals surface area contributed by atoms with Crippen molar-refractivity contribution in [2.75, 3.05) is 20.1 Å². The quantitative estimate of drug-likeness (QED) is 0.330. The molecule has 39 heavy (non-hydrogen) atoms. The fourth-order valence-corrected chi connectivity index (χ4v) is 4.83. The van der Waals surface area contributed by atoms with E-state index in [1.54, 1.807) is 24.7 Å². The Morgan fingerprint density at radius 3 is 2.23 bits per heavy atom. The first-order valence-corrected chi connectivity index (χ1v) is 13.2. The number of amides is 2. The molecule has 0 unspecified atom stereocenters. The molecule has 0 bridgehead atoms. The lowest BCUT2D eigenvalue weighted by molar-refractivity contribution is 0.0233. The third-order valence-corrected chi connectivity index (χ3v) is 7.15. The average Bonchev–Trinajstić information content (AvgIpc) is 3.48. The topological polar surface area (TPSA) is 79.7 Å². The number of hydroxylamine groups is 1. The number of aromatic nitrogens is 2. The predicted molar refractivity (Wildman–Crippen MR) is 150 cm³/mol. The van der Waals surface area contributed by atoms with Crippen molar-refractivity contribution in [2.45, 2.75) is 32.0 Å². The molecule has 0 saturated carbocycles. The molecular weight excluding hydrogens is 490 g/mol. The van der Waals surface area contributed by atoms with Crippen molar-refractivity contribution in [3.63, 3.8) is 0 Å². The van der Waals surface area contributed by atoms with Crippen LogP contribution in [0.4, 0.5) is 4.79 Å². The van der Waals surface area contributed by atoms with Gasteiger partial charge in [-0.1, -0.05) is 72.8 Å². The summed E-state index contributed by atoms with van der Waals surface area (Å²) >= 11 is 0. The number of carbonyl (C=O) groups is 2. The van der Waals surface area contributed by atoms with E-state index in [9.17, 15) is 9.59 Å². The minimum Gasteiger partial charge on any atom is -0.324 e. The van der Waals surface area contributed by atoms with Gasteiger partial charge in [0.2, 0.25) is 0 Å². The highest BCUT2D eigenvalue weighted by Gasteiger charge is 2.26. The minimum atomic E-state index is -0.324. The zero-order valence-electron chi connectivity index (χ0n) is 22.1. The van der Waals surface area contributed by atoms with Crippen LogP contribution in [0.3, 0.4) is 0 Å². The number of likely N-dealkylation sites (tertiary alicyclic amines) is 1. The fourth-order valence-electron chi connectivity index (χ4n) is 4.83. The van der Waals surface area contributed by atoms with E-state index in [0.717, 1.165) is 43.6 Å². The minimum absolute atomic E-state index is 0.0955. The maximum atomic E-state index is 13.2. The Kier molecular flexibility index (Phi) is 8.45. The van der Waals surface area contributed by atoms with Gasteiger partial charge in [0.1, 0.15) is 6.33 Å². The molecule has 0 spiro atoms. The lowest BCUT2D eigenvalue weighted by Crippen LogP contribution is -2.46. The highest BCUT2D eigenvalue weighted by Crippen LogP contribution is 2.21. The second-order valence-corrected chi connectivity index (χ2v) is 9.84. The molecule has 2 amide bonds. The summed E-state index contributed by atoms with van der Waals surface area (Å²) < 4.78 is 1.53. The van der Waals surface area contributed by atoms with E-state index in [0.29, 0.717) is 11.3 Å². The Morgan fingerprint density at radius 2 is 1.56 bits per heavy atom. The van der Waals surface area contributed by atoms with Crippen molar-refractivity contribution in [1.29, 1.82) is 0 Å². The van der Waals surface area contributed by atoms with Crippen LogP contribution in [0, 0.1) is 0 Å². The van der Waals surface area contributed by atoms with Gasteiger partial charge < -0.3 is 4.90 Å². The number of nitrogens with one attached hydrogen (secondary N) is 1. The summed E-state index contributed by atoms with van der Waals surface area (Å²) in [6, 6.07) is 27.3. The van der Waals surface area contributed by atoms with Gasteiger partial charge in [-0.2, -0.15) is 0 Å². The van der Waals surface area contributed by atoms with Crippen LogP contribution in [0.15, 0.2) is 97.5 Å². The number of nitrogens with zero attached hydrogens (tertiary/aromatic N) is 4. The second-order valence-electron chi connectivity index (χ2n) is 9.84. The van der Waals surface area contributed by atoms with Gasteiger partial charge in [-0.3, -0.25) is 19.1 Å². The summed E-state index contributed by atoms with van der Waals surface area (Å²) in [6.07, 6.45) is 5.17. The van der Waals surface area contributed by atoms with Crippen molar-refractivity contribution in [3.05, 3.63) is 114 Å². The van der Waals surface area contributed by atoms with Crippen molar-refractivity contribution >= 4 is 11.9 Å².